The Morgan fingerprint density at radius 1 is 1.59 bits per heavy atom. The van der Waals surface area contributed by atoms with Gasteiger partial charge in [-0.2, -0.15) is 11.8 Å². The van der Waals surface area contributed by atoms with Gasteiger partial charge in [0.2, 0.25) is 0 Å². The molecule has 0 bridgehead atoms. The zero-order valence-electron chi connectivity index (χ0n) is 11.0. The van der Waals surface area contributed by atoms with E-state index >= 15 is 0 Å². The molecule has 0 aromatic heterocycles. The molecule has 1 atom stereocenters. The van der Waals surface area contributed by atoms with Crippen LogP contribution in [0.25, 0.3) is 0 Å². The maximum atomic E-state index is 12.3. The van der Waals surface area contributed by atoms with Crippen LogP contribution in [0.2, 0.25) is 0 Å². The monoisotopic (exact) mass is 257 g/mol. The van der Waals surface area contributed by atoms with Gasteiger partial charge in [0, 0.05) is 12.3 Å². The van der Waals surface area contributed by atoms with Crippen molar-refractivity contribution in [1.82, 2.24) is 5.32 Å². The summed E-state index contributed by atoms with van der Waals surface area (Å²) in [5, 5.41) is 3.35. The Bertz CT molecular complexity index is 291. The smallest absolute Gasteiger partial charge is 0.327 e. The van der Waals surface area contributed by atoms with Crippen LogP contribution in [0.5, 0.6) is 0 Å². The molecule has 1 aliphatic rings. The number of nitrogens with one attached hydrogen (secondary N) is 1. The van der Waals surface area contributed by atoms with Gasteiger partial charge in [0.25, 0.3) is 0 Å². The Balaban J connectivity index is 2.97. The lowest BCUT2D eigenvalue weighted by Gasteiger charge is -2.48. The average molecular weight is 257 g/mol. The van der Waals surface area contributed by atoms with Crippen molar-refractivity contribution in [1.29, 1.82) is 0 Å². The summed E-state index contributed by atoms with van der Waals surface area (Å²) in [7, 11) is 0. The number of esters is 1. The van der Waals surface area contributed by atoms with Gasteiger partial charge in [0.15, 0.2) is 0 Å². The predicted octanol–water partition coefficient (Wildman–Crippen LogP) is 2.23. The number of hydrogen-bond donors (Lipinski definition) is 1. The number of carbonyl (C=O) groups excluding carboxylic acids is 1. The van der Waals surface area contributed by atoms with E-state index in [1.807, 2.05) is 18.7 Å². The van der Waals surface area contributed by atoms with E-state index in [0.717, 1.165) is 17.9 Å². The molecule has 1 aliphatic heterocycles. The normalized spacial score (nSPS) is 27.5. The molecule has 98 valence electrons. The first-order valence-electron chi connectivity index (χ1n) is 6.11. The quantitative estimate of drug-likeness (QED) is 0.605. The van der Waals surface area contributed by atoms with E-state index in [1.165, 1.54) is 0 Å². The summed E-state index contributed by atoms with van der Waals surface area (Å²) >= 11 is 1.81. The molecule has 0 spiro atoms. The average Bonchev–Trinajstić information content (AvgIpc) is 2.28. The van der Waals surface area contributed by atoms with Crippen LogP contribution in [0.1, 0.15) is 27.2 Å². The van der Waals surface area contributed by atoms with E-state index in [1.54, 1.807) is 6.08 Å². The second kappa shape index (κ2) is 5.91. The molecule has 3 nitrogen and oxygen atoms in total. The van der Waals surface area contributed by atoms with Crippen molar-refractivity contribution in [2.45, 2.75) is 32.7 Å². The highest BCUT2D eigenvalue weighted by molar-refractivity contribution is 7.99. The summed E-state index contributed by atoms with van der Waals surface area (Å²) < 4.78 is 5.27. The number of ether oxygens (including phenoxy) is 1. The van der Waals surface area contributed by atoms with Gasteiger partial charge in [-0.3, -0.25) is 5.32 Å². The standard InChI is InChI=1S/C13H23NO2S/c1-5-8-14-13(11(15)16-6-2)10-17-9-7-12(13,3)4/h5,14H,1,6-10H2,2-4H3. The molecule has 17 heavy (non-hydrogen) atoms. The Kier molecular flexibility index (Phi) is 5.07. The minimum absolute atomic E-state index is 0.0898. The zero-order chi connectivity index (χ0) is 12.9. The third-order valence-electron chi connectivity index (χ3n) is 3.52. The van der Waals surface area contributed by atoms with Crippen LogP contribution in [0, 0.1) is 5.41 Å². The van der Waals surface area contributed by atoms with Crippen LogP contribution in [0.3, 0.4) is 0 Å². The molecule has 1 unspecified atom stereocenters. The summed E-state index contributed by atoms with van der Waals surface area (Å²) in [5.41, 5.74) is -0.673. The Labute approximate surface area is 108 Å². The minimum atomic E-state index is -0.583. The summed E-state index contributed by atoms with van der Waals surface area (Å²) in [4.78, 5) is 12.3. The van der Waals surface area contributed by atoms with E-state index < -0.39 is 5.54 Å². The highest BCUT2D eigenvalue weighted by atomic mass is 32.2. The second-order valence-corrected chi connectivity index (χ2v) is 6.09. The fraction of sp³-hybridized carbons (Fsp3) is 0.769. The van der Waals surface area contributed by atoms with E-state index in [-0.39, 0.29) is 11.4 Å². The third kappa shape index (κ3) is 2.86. The summed E-state index contributed by atoms with van der Waals surface area (Å²) in [6.07, 6.45) is 2.80. The van der Waals surface area contributed by atoms with Crippen molar-refractivity contribution in [3.05, 3.63) is 12.7 Å². The van der Waals surface area contributed by atoms with Gasteiger partial charge in [-0.05, 0) is 24.5 Å². The van der Waals surface area contributed by atoms with Crippen molar-refractivity contribution in [3.63, 3.8) is 0 Å². The lowest BCUT2D eigenvalue weighted by molar-refractivity contribution is -0.155. The fourth-order valence-corrected chi connectivity index (χ4v) is 3.88. The highest BCUT2D eigenvalue weighted by Gasteiger charge is 2.53. The van der Waals surface area contributed by atoms with E-state index in [0.29, 0.717) is 13.2 Å². The number of hydrogen-bond acceptors (Lipinski definition) is 4. The SMILES string of the molecule is C=CCNC1(C(=O)OCC)CSCCC1(C)C. The van der Waals surface area contributed by atoms with Gasteiger partial charge in [-0.1, -0.05) is 19.9 Å². The number of carbonyl (C=O) groups is 1. The molecule has 0 saturated carbocycles. The van der Waals surface area contributed by atoms with Crippen LogP contribution < -0.4 is 5.32 Å². The van der Waals surface area contributed by atoms with Crippen LogP contribution in [0.4, 0.5) is 0 Å². The largest absolute Gasteiger partial charge is 0.465 e. The molecule has 1 heterocycles. The van der Waals surface area contributed by atoms with Gasteiger partial charge in [-0.25, -0.2) is 4.79 Å². The molecule has 0 aliphatic carbocycles. The first-order chi connectivity index (χ1) is 8.00. The summed E-state index contributed by atoms with van der Waals surface area (Å²) in [6.45, 7) is 10.9. The van der Waals surface area contributed by atoms with Crippen LogP contribution in [-0.4, -0.2) is 36.2 Å². The molecule has 1 saturated heterocycles. The maximum Gasteiger partial charge on any atom is 0.327 e. The Hall–Kier alpha value is -0.480. The van der Waals surface area contributed by atoms with E-state index in [4.69, 9.17) is 4.74 Å². The van der Waals surface area contributed by atoms with Gasteiger partial charge in [-0.15, -0.1) is 6.58 Å². The molecule has 0 aromatic rings. The maximum absolute atomic E-state index is 12.3. The van der Waals surface area contributed by atoms with Crippen molar-refractivity contribution < 1.29 is 9.53 Å². The van der Waals surface area contributed by atoms with Crippen LogP contribution in [0.15, 0.2) is 12.7 Å². The van der Waals surface area contributed by atoms with Gasteiger partial charge >= 0.3 is 5.97 Å². The summed E-state index contributed by atoms with van der Waals surface area (Å²) in [6, 6.07) is 0. The lowest BCUT2D eigenvalue weighted by atomic mass is 9.70. The van der Waals surface area contributed by atoms with E-state index in [2.05, 4.69) is 25.7 Å². The van der Waals surface area contributed by atoms with Crippen molar-refractivity contribution in [3.8, 4) is 0 Å². The summed E-state index contributed by atoms with van der Waals surface area (Å²) in [5.74, 6) is 1.75. The Morgan fingerprint density at radius 3 is 2.82 bits per heavy atom. The van der Waals surface area contributed by atoms with Crippen LogP contribution in [-0.2, 0) is 9.53 Å². The van der Waals surface area contributed by atoms with Gasteiger partial charge in [0.05, 0.1) is 6.61 Å². The van der Waals surface area contributed by atoms with E-state index in [9.17, 15) is 4.79 Å². The van der Waals surface area contributed by atoms with Gasteiger partial charge < -0.3 is 4.74 Å². The third-order valence-corrected chi connectivity index (χ3v) is 4.65. The van der Waals surface area contributed by atoms with Crippen molar-refractivity contribution >= 4 is 17.7 Å². The number of thioether (sulfide) groups is 1. The number of rotatable bonds is 5. The molecule has 0 radical (unpaired) electrons. The molecule has 1 rings (SSSR count). The molecular formula is C13H23NO2S. The molecule has 0 aromatic carbocycles. The van der Waals surface area contributed by atoms with Crippen molar-refractivity contribution in [2.24, 2.45) is 5.41 Å². The molecule has 1 N–H and O–H groups in total. The molecular weight excluding hydrogens is 234 g/mol. The first-order valence-corrected chi connectivity index (χ1v) is 7.26. The molecule has 4 heteroatoms. The van der Waals surface area contributed by atoms with Crippen molar-refractivity contribution in [2.75, 3.05) is 24.7 Å². The zero-order valence-corrected chi connectivity index (χ0v) is 11.9. The van der Waals surface area contributed by atoms with Gasteiger partial charge in [0.1, 0.15) is 5.54 Å². The minimum Gasteiger partial charge on any atom is -0.465 e. The fourth-order valence-electron chi connectivity index (χ4n) is 2.16. The first kappa shape index (κ1) is 14.6. The Morgan fingerprint density at radius 2 is 2.29 bits per heavy atom. The second-order valence-electron chi connectivity index (χ2n) is 4.98. The predicted molar refractivity (Wildman–Crippen MR) is 73.3 cm³/mol. The molecule has 0 amide bonds. The topological polar surface area (TPSA) is 38.3 Å². The van der Waals surface area contributed by atoms with Crippen LogP contribution >= 0.6 is 11.8 Å². The molecule has 1 fully saturated rings. The lowest BCUT2D eigenvalue weighted by Crippen LogP contribution is -2.65. The highest BCUT2D eigenvalue weighted by Crippen LogP contribution is 2.43.